The second-order valence-electron chi connectivity index (χ2n) is 5.12. The monoisotopic (exact) mass is 261 g/mol. The highest BCUT2D eigenvalue weighted by Gasteiger charge is 2.16. The van der Waals surface area contributed by atoms with Gasteiger partial charge < -0.3 is 9.64 Å². The number of hydrogen-bond donors (Lipinski definition) is 0. The van der Waals surface area contributed by atoms with Gasteiger partial charge in [-0.05, 0) is 43.4 Å². The molecule has 0 saturated carbocycles. The van der Waals surface area contributed by atoms with E-state index in [0.29, 0.717) is 0 Å². The zero-order chi connectivity index (χ0) is 13.5. The molecule has 1 aliphatic rings. The van der Waals surface area contributed by atoms with E-state index in [9.17, 15) is 4.79 Å². The Bertz CT molecular complexity index is 394. The Morgan fingerprint density at radius 2 is 1.84 bits per heavy atom. The molecule has 1 aromatic carbocycles. The molecule has 1 saturated heterocycles. The number of aryl methyl sites for hydroxylation is 1. The quantitative estimate of drug-likeness (QED) is 0.815. The first-order valence-electron chi connectivity index (χ1n) is 7.29. The van der Waals surface area contributed by atoms with Crippen LogP contribution in [0.5, 0.6) is 5.75 Å². The molecule has 0 N–H and O–H groups in total. The molecule has 1 aromatic rings. The third kappa shape index (κ3) is 4.27. The van der Waals surface area contributed by atoms with Gasteiger partial charge in [0.05, 0.1) is 0 Å². The topological polar surface area (TPSA) is 29.5 Å². The summed E-state index contributed by atoms with van der Waals surface area (Å²) in [6.45, 7) is 4.10. The van der Waals surface area contributed by atoms with Gasteiger partial charge in [0.15, 0.2) is 6.61 Å². The van der Waals surface area contributed by atoms with Crippen molar-refractivity contribution < 1.29 is 9.53 Å². The average Bonchev–Trinajstić information content (AvgIpc) is 2.47. The maximum atomic E-state index is 11.9. The summed E-state index contributed by atoms with van der Waals surface area (Å²) in [7, 11) is 0. The van der Waals surface area contributed by atoms with Crippen LogP contribution >= 0.6 is 0 Å². The van der Waals surface area contributed by atoms with Crippen LogP contribution in [0.3, 0.4) is 0 Å². The average molecular weight is 261 g/mol. The number of benzene rings is 1. The van der Waals surface area contributed by atoms with Crippen LogP contribution < -0.4 is 4.74 Å². The summed E-state index contributed by atoms with van der Waals surface area (Å²) in [5.41, 5.74) is 1.32. The molecule has 19 heavy (non-hydrogen) atoms. The Kier molecular flexibility index (Phi) is 5.25. The molecule has 3 heteroatoms. The van der Waals surface area contributed by atoms with Crippen molar-refractivity contribution in [3.05, 3.63) is 29.8 Å². The summed E-state index contributed by atoms with van der Waals surface area (Å²) in [6, 6.07) is 8.05. The van der Waals surface area contributed by atoms with E-state index in [1.165, 1.54) is 12.0 Å². The first-order chi connectivity index (χ1) is 9.29. The van der Waals surface area contributed by atoms with Crippen molar-refractivity contribution in [1.29, 1.82) is 0 Å². The molecule has 0 spiro atoms. The fourth-order valence-electron chi connectivity index (χ4n) is 2.42. The van der Waals surface area contributed by atoms with Crippen LogP contribution in [0.25, 0.3) is 0 Å². The van der Waals surface area contributed by atoms with E-state index in [0.717, 1.165) is 44.5 Å². The van der Waals surface area contributed by atoms with Gasteiger partial charge >= 0.3 is 0 Å². The van der Waals surface area contributed by atoms with E-state index < -0.39 is 0 Å². The molecular formula is C16H23NO2. The summed E-state index contributed by atoms with van der Waals surface area (Å²) >= 11 is 0. The first-order valence-corrected chi connectivity index (χ1v) is 7.29. The van der Waals surface area contributed by atoms with Crippen LogP contribution in [0.15, 0.2) is 24.3 Å². The summed E-state index contributed by atoms with van der Waals surface area (Å²) in [5, 5.41) is 0. The number of ether oxygens (including phenoxy) is 1. The van der Waals surface area contributed by atoms with Gasteiger partial charge in [-0.3, -0.25) is 4.79 Å². The van der Waals surface area contributed by atoms with Gasteiger partial charge in [0.2, 0.25) is 0 Å². The fourth-order valence-corrected chi connectivity index (χ4v) is 2.42. The number of carbonyl (C=O) groups is 1. The van der Waals surface area contributed by atoms with Crippen LogP contribution in [0, 0.1) is 0 Å². The molecule has 1 fully saturated rings. The van der Waals surface area contributed by atoms with E-state index in [1.807, 2.05) is 17.0 Å². The summed E-state index contributed by atoms with van der Waals surface area (Å²) in [4.78, 5) is 13.9. The van der Waals surface area contributed by atoms with Crippen molar-refractivity contribution in [3.8, 4) is 5.75 Å². The van der Waals surface area contributed by atoms with Crippen LogP contribution in [0.2, 0.25) is 0 Å². The van der Waals surface area contributed by atoms with Crippen LogP contribution in [0.4, 0.5) is 0 Å². The Morgan fingerprint density at radius 1 is 1.16 bits per heavy atom. The van der Waals surface area contributed by atoms with E-state index in [2.05, 4.69) is 19.1 Å². The van der Waals surface area contributed by atoms with Crippen molar-refractivity contribution in [2.45, 2.75) is 39.0 Å². The van der Waals surface area contributed by atoms with E-state index in [4.69, 9.17) is 4.74 Å². The molecule has 104 valence electrons. The number of rotatable bonds is 5. The van der Waals surface area contributed by atoms with Gasteiger partial charge in [-0.15, -0.1) is 0 Å². The number of amides is 1. The minimum atomic E-state index is 0.109. The lowest BCUT2D eigenvalue weighted by molar-refractivity contribution is -0.134. The molecule has 1 aliphatic heterocycles. The maximum Gasteiger partial charge on any atom is 0.260 e. The SMILES string of the molecule is CCCc1ccc(OCC(=O)N2CCCCC2)cc1. The van der Waals surface area contributed by atoms with Crippen molar-refractivity contribution in [2.75, 3.05) is 19.7 Å². The summed E-state index contributed by atoms with van der Waals surface area (Å²) < 4.78 is 5.56. The minimum Gasteiger partial charge on any atom is -0.484 e. The lowest BCUT2D eigenvalue weighted by atomic mass is 10.1. The number of hydrogen-bond acceptors (Lipinski definition) is 2. The lowest BCUT2D eigenvalue weighted by Crippen LogP contribution is -2.38. The molecule has 1 amide bonds. The number of carbonyl (C=O) groups excluding carboxylic acids is 1. The zero-order valence-electron chi connectivity index (χ0n) is 11.7. The molecule has 2 rings (SSSR count). The van der Waals surface area contributed by atoms with Gasteiger partial charge in [-0.1, -0.05) is 25.5 Å². The second-order valence-corrected chi connectivity index (χ2v) is 5.12. The molecule has 3 nitrogen and oxygen atoms in total. The molecular weight excluding hydrogens is 238 g/mol. The fraction of sp³-hybridized carbons (Fsp3) is 0.562. The van der Waals surface area contributed by atoms with Gasteiger partial charge in [0.25, 0.3) is 5.91 Å². The second kappa shape index (κ2) is 7.17. The molecule has 0 aliphatic carbocycles. The third-order valence-corrected chi connectivity index (χ3v) is 3.53. The molecule has 0 aromatic heterocycles. The number of piperidine rings is 1. The Hall–Kier alpha value is -1.51. The van der Waals surface area contributed by atoms with Crippen LogP contribution in [0.1, 0.15) is 38.2 Å². The van der Waals surface area contributed by atoms with Crippen LogP contribution in [-0.2, 0) is 11.2 Å². The molecule has 0 bridgehead atoms. The van der Waals surface area contributed by atoms with Crippen molar-refractivity contribution in [1.82, 2.24) is 4.90 Å². The van der Waals surface area contributed by atoms with E-state index in [-0.39, 0.29) is 12.5 Å². The van der Waals surface area contributed by atoms with Gasteiger partial charge in [-0.2, -0.15) is 0 Å². The normalized spacial score (nSPS) is 15.3. The van der Waals surface area contributed by atoms with Crippen molar-refractivity contribution >= 4 is 5.91 Å². The van der Waals surface area contributed by atoms with Gasteiger partial charge in [0, 0.05) is 13.1 Å². The Balaban J connectivity index is 1.79. The van der Waals surface area contributed by atoms with Gasteiger partial charge in [0.1, 0.15) is 5.75 Å². The third-order valence-electron chi connectivity index (χ3n) is 3.53. The predicted molar refractivity (Wildman–Crippen MR) is 76.4 cm³/mol. The summed E-state index contributed by atoms with van der Waals surface area (Å²) in [6.07, 6.45) is 5.72. The largest absolute Gasteiger partial charge is 0.484 e. The lowest BCUT2D eigenvalue weighted by Gasteiger charge is -2.26. The smallest absolute Gasteiger partial charge is 0.260 e. The molecule has 0 unspecified atom stereocenters. The van der Waals surface area contributed by atoms with E-state index in [1.54, 1.807) is 0 Å². The minimum absolute atomic E-state index is 0.109. The zero-order valence-corrected chi connectivity index (χ0v) is 11.7. The number of likely N-dealkylation sites (tertiary alicyclic amines) is 1. The highest BCUT2D eigenvalue weighted by atomic mass is 16.5. The molecule has 0 atom stereocenters. The predicted octanol–water partition coefficient (Wildman–Crippen LogP) is 3.03. The van der Waals surface area contributed by atoms with Crippen molar-refractivity contribution in [2.24, 2.45) is 0 Å². The summed E-state index contributed by atoms with van der Waals surface area (Å²) in [5.74, 6) is 0.891. The first kappa shape index (κ1) is 13.9. The van der Waals surface area contributed by atoms with Crippen LogP contribution in [-0.4, -0.2) is 30.5 Å². The van der Waals surface area contributed by atoms with Gasteiger partial charge in [-0.25, -0.2) is 0 Å². The maximum absolute atomic E-state index is 11.9. The van der Waals surface area contributed by atoms with E-state index >= 15 is 0 Å². The highest BCUT2D eigenvalue weighted by Crippen LogP contribution is 2.14. The van der Waals surface area contributed by atoms with Crippen molar-refractivity contribution in [3.63, 3.8) is 0 Å². The molecule has 1 heterocycles. The Labute approximate surface area is 115 Å². The standard InChI is InChI=1S/C16H23NO2/c1-2-6-14-7-9-15(10-8-14)19-13-16(18)17-11-4-3-5-12-17/h7-10H,2-6,11-13H2,1H3. The number of nitrogens with zero attached hydrogens (tertiary/aromatic N) is 1. The molecule has 0 radical (unpaired) electrons. The Morgan fingerprint density at radius 3 is 2.47 bits per heavy atom. The highest BCUT2D eigenvalue weighted by molar-refractivity contribution is 5.77.